The lowest BCUT2D eigenvalue weighted by molar-refractivity contribution is -0.0517. The Morgan fingerprint density at radius 2 is 0.923 bits per heavy atom. The van der Waals surface area contributed by atoms with E-state index < -0.39 is 22.9 Å². The molecule has 0 bridgehead atoms. The van der Waals surface area contributed by atoms with Crippen molar-refractivity contribution in [3.8, 4) is 11.5 Å². The topological polar surface area (TPSA) is 75.7 Å². The van der Waals surface area contributed by atoms with Crippen LogP contribution >= 0.6 is 7.26 Å². The molecule has 1 aliphatic rings. The molecule has 5 nitrogen and oxygen atoms in total. The normalized spacial score (nSPS) is 14.2. The van der Waals surface area contributed by atoms with Crippen LogP contribution in [0.3, 0.4) is 0 Å². The molecule has 0 atom stereocenters. The van der Waals surface area contributed by atoms with Crippen molar-refractivity contribution in [2.75, 3.05) is 14.2 Å². The minimum Gasteiger partial charge on any atom is -0.741 e. The summed E-state index contributed by atoms with van der Waals surface area (Å²) in [6, 6.07) is 38.8. The Bertz CT molecular complexity index is 1450. The molecular formula is C29H24F3O5PS. The minimum absolute atomic E-state index is 0.874. The van der Waals surface area contributed by atoms with Crippen LogP contribution in [0.15, 0.2) is 109 Å². The van der Waals surface area contributed by atoms with Gasteiger partial charge in [0.15, 0.2) is 28.0 Å². The number of methoxy groups -OCH3 is 2. The Kier molecular flexibility index (Phi) is 8.16. The van der Waals surface area contributed by atoms with Crippen LogP contribution in [0.2, 0.25) is 0 Å². The van der Waals surface area contributed by atoms with Gasteiger partial charge in [-0.15, -0.1) is 0 Å². The fourth-order valence-electron chi connectivity index (χ4n) is 4.37. The van der Waals surface area contributed by atoms with Gasteiger partial charge in [0.05, 0.1) is 14.2 Å². The highest BCUT2D eigenvalue weighted by Crippen LogP contribution is 2.91. The van der Waals surface area contributed by atoms with E-state index >= 15 is 0 Å². The van der Waals surface area contributed by atoms with Gasteiger partial charge in [-0.25, -0.2) is 8.42 Å². The first-order valence-electron chi connectivity index (χ1n) is 11.6. The van der Waals surface area contributed by atoms with Crippen LogP contribution in [-0.2, 0) is 10.1 Å². The van der Waals surface area contributed by atoms with E-state index in [-0.39, 0.29) is 0 Å². The zero-order valence-corrected chi connectivity index (χ0v) is 22.6. The Morgan fingerprint density at radius 3 is 1.18 bits per heavy atom. The molecule has 0 amide bonds. The third-order valence-electron chi connectivity index (χ3n) is 6.14. The summed E-state index contributed by atoms with van der Waals surface area (Å²) in [6.45, 7) is 0. The highest BCUT2D eigenvalue weighted by molar-refractivity contribution is 8.14. The number of rotatable bonds is 6. The predicted octanol–water partition coefficient (Wildman–Crippen LogP) is 6.26. The van der Waals surface area contributed by atoms with E-state index in [4.69, 9.17) is 22.4 Å². The van der Waals surface area contributed by atoms with Gasteiger partial charge in [0.25, 0.3) is 0 Å². The first kappa shape index (κ1) is 28.4. The van der Waals surface area contributed by atoms with Gasteiger partial charge in [-0.3, -0.25) is 0 Å². The largest absolute Gasteiger partial charge is 0.741 e. The van der Waals surface area contributed by atoms with Crippen LogP contribution in [-0.4, -0.2) is 32.7 Å². The highest BCUT2D eigenvalue weighted by Gasteiger charge is 2.68. The third kappa shape index (κ3) is 5.71. The number of hydrogen-bond acceptors (Lipinski definition) is 5. The van der Waals surface area contributed by atoms with Gasteiger partial charge < -0.3 is 14.0 Å². The lowest BCUT2D eigenvalue weighted by Gasteiger charge is -2.13. The van der Waals surface area contributed by atoms with Gasteiger partial charge in [0.1, 0.15) is 22.1 Å². The number of ether oxygens (including phenoxy) is 2. The van der Waals surface area contributed by atoms with Gasteiger partial charge in [0.2, 0.25) is 0 Å². The van der Waals surface area contributed by atoms with E-state index in [1.807, 2.05) is 0 Å². The van der Waals surface area contributed by atoms with Crippen molar-refractivity contribution in [1.29, 1.82) is 0 Å². The van der Waals surface area contributed by atoms with E-state index in [0.29, 0.717) is 0 Å². The fraction of sp³-hybridized carbons (Fsp3) is 0.103. The number of halogens is 3. The number of alkyl halides is 3. The van der Waals surface area contributed by atoms with Gasteiger partial charge in [-0.2, -0.15) is 13.2 Å². The van der Waals surface area contributed by atoms with Gasteiger partial charge in [0, 0.05) is 11.1 Å². The minimum atomic E-state index is -6.09. The van der Waals surface area contributed by atoms with Crippen molar-refractivity contribution in [2.24, 2.45) is 0 Å². The molecule has 0 aliphatic carbocycles. The van der Waals surface area contributed by atoms with Crippen molar-refractivity contribution in [1.82, 2.24) is 0 Å². The molecule has 39 heavy (non-hydrogen) atoms. The molecule has 4 aromatic carbocycles. The molecule has 0 radical (unpaired) electrons. The molecule has 0 aromatic heterocycles. The SMILES string of the molecule is COc1ccc(C2=C(c3ccc(OC)cc3)[P+]2(c2ccccc2)c2ccccc2)cc1.O=S(=O)([O-])C(F)(F)F. The predicted molar refractivity (Wildman–Crippen MR) is 148 cm³/mol. The molecule has 0 fully saturated rings. The van der Waals surface area contributed by atoms with E-state index in [1.165, 1.54) is 32.4 Å². The summed E-state index contributed by atoms with van der Waals surface area (Å²) in [5.41, 5.74) is -3.13. The van der Waals surface area contributed by atoms with Gasteiger partial charge in [-0.1, -0.05) is 36.4 Å². The lowest BCUT2D eigenvalue weighted by Crippen LogP contribution is -2.21. The smallest absolute Gasteiger partial charge is 0.485 e. The standard InChI is InChI=1S/C28H24O2P.CHF3O3S/c1-29-23-17-13-21(14-18-23)27-28(22-15-19-24(30-2)20-16-22)31(27,25-9-5-3-6-10-25)26-11-7-4-8-12-26;2-1(3,4)8(5,6)7/h3-20H,1-2H3;(H,5,6,7)/q+1;/p-1. The van der Waals surface area contributed by atoms with E-state index in [1.54, 1.807) is 14.2 Å². The highest BCUT2D eigenvalue weighted by atomic mass is 32.2. The maximum absolute atomic E-state index is 10.7. The number of benzene rings is 4. The second-order valence-corrected chi connectivity index (χ2v) is 13.0. The monoisotopic (exact) mass is 572 g/mol. The molecule has 0 saturated carbocycles. The Labute approximate surface area is 225 Å². The molecule has 5 rings (SSSR count). The molecule has 0 unspecified atom stereocenters. The summed E-state index contributed by atoms with van der Waals surface area (Å²) in [5.74, 6) is 1.75. The summed E-state index contributed by atoms with van der Waals surface area (Å²) in [4.78, 5) is 0. The quantitative estimate of drug-likeness (QED) is 0.155. The maximum atomic E-state index is 10.7. The third-order valence-corrected chi connectivity index (χ3v) is 10.9. The van der Waals surface area contributed by atoms with Crippen molar-refractivity contribution in [3.63, 3.8) is 0 Å². The maximum Gasteiger partial charge on any atom is 0.485 e. The van der Waals surface area contributed by atoms with Gasteiger partial charge >= 0.3 is 5.51 Å². The molecular weight excluding hydrogens is 548 g/mol. The van der Waals surface area contributed by atoms with Crippen LogP contribution in [0, 0.1) is 0 Å². The molecule has 10 heteroatoms. The molecule has 0 saturated heterocycles. The summed E-state index contributed by atoms with van der Waals surface area (Å²) in [5, 5.41) is 5.66. The fourth-order valence-corrected chi connectivity index (χ4v) is 9.06. The first-order valence-corrected chi connectivity index (χ1v) is 14.8. The molecule has 1 heterocycles. The second-order valence-electron chi connectivity index (χ2n) is 8.40. The summed E-state index contributed by atoms with van der Waals surface area (Å²) >= 11 is 0. The van der Waals surface area contributed by atoms with Crippen LogP contribution in [0.25, 0.3) is 10.6 Å². The van der Waals surface area contributed by atoms with Crippen LogP contribution in [0.5, 0.6) is 11.5 Å². The second kappa shape index (κ2) is 11.2. The zero-order chi connectivity index (χ0) is 28.3. The van der Waals surface area contributed by atoms with E-state index in [9.17, 15) is 13.2 Å². The molecule has 202 valence electrons. The molecule has 0 spiro atoms. The van der Waals surface area contributed by atoms with Crippen molar-refractivity contribution < 1.29 is 35.6 Å². The van der Waals surface area contributed by atoms with Crippen molar-refractivity contribution >= 4 is 38.6 Å². The average Bonchev–Trinajstić information content (AvgIpc) is 3.64. The zero-order valence-electron chi connectivity index (χ0n) is 20.9. The van der Waals surface area contributed by atoms with Gasteiger partial charge in [-0.05, 0) is 72.8 Å². The Hall–Kier alpha value is -3.65. The average molecular weight is 573 g/mol. The lowest BCUT2D eigenvalue weighted by atomic mass is 10.1. The Morgan fingerprint density at radius 1 is 0.615 bits per heavy atom. The van der Waals surface area contributed by atoms with Crippen molar-refractivity contribution in [2.45, 2.75) is 5.51 Å². The first-order chi connectivity index (χ1) is 18.5. The van der Waals surface area contributed by atoms with Crippen LogP contribution in [0.4, 0.5) is 13.2 Å². The van der Waals surface area contributed by atoms with Crippen LogP contribution < -0.4 is 20.1 Å². The molecule has 0 N–H and O–H groups in total. The molecule has 1 aliphatic heterocycles. The summed E-state index contributed by atoms with van der Waals surface area (Å²) in [7, 11) is -4.53. The van der Waals surface area contributed by atoms with Crippen LogP contribution in [0.1, 0.15) is 11.1 Å². The Balaban J connectivity index is 0.000000386. The molecule has 4 aromatic rings. The number of hydrogen-bond donors (Lipinski definition) is 0. The van der Waals surface area contributed by atoms with E-state index in [0.717, 1.165) is 11.5 Å². The summed E-state index contributed by atoms with van der Waals surface area (Å²) in [6.07, 6.45) is 0. The van der Waals surface area contributed by atoms with Crippen molar-refractivity contribution in [3.05, 3.63) is 120 Å². The summed E-state index contributed by atoms with van der Waals surface area (Å²) < 4.78 is 69.7. The van der Waals surface area contributed by atoms with E-state index in [2.05, 4.69) is 109 Å².